The van der Waals surface area contributed by atoms with Gasteiger partial charge in [0.2, 0.25) is 10.0 Å². The average Bonchev–Trinajstić information content (AvgIpc) is 3.96. The number of esters is 1. The van der Waals surface area contributed by atoms with Crippen LogP contribution < -0.4 is 14.2 Å². The Labute approximate surface area is 288 Å². The van der Waals surface area contributed by atoms with E-state index in [1.807, 2.05) is 0 Å². The molecule has 48 heavy (non-hydrogen) atoms. The zero-order chi connectivity index (χ0) is 34.4. The second-order valence-corrected chi connectivity index (χ2v) is 14.8. The minimum absolute atomic E-state index is 0.0246. The lowest BCUT2D eigenvalue weighted by atomic mass is 10.0. The number of ether oxygens (including phenoxy) is 4. The minimum Gasteiger partial charge on any atom is -0.489 e. The van der Waals surface area contributed by atoms with E-state index in [9.17, 15) is 22.0 Å². The standard InChI is InChI=1S/C33H37Cl2F2N3O7S/c1-40(2)31(45-18-21-5-6-21)19-48(42,43)39-24-10-7-22(8-11-24)32(41)46-29(14-25-26(34)15-38-16-27(25)35)23-9-12-28(47-33(36)37)30(13-23)44-17-20-3-4-20/h7-13,15-16,20-21,29,31,33,39H,3-6,14,17-19H2,1-2H3/t29-,31-/m0/s1. The van der Waals surface area contributed by atoms with Crippen LogP contribution in [0.5, 0.6) is 11.5 Å². The zero-order valence-corrected chi connectivity index (χ0v) is 28.7. The molecule has 0 radical (unpaired) electrons. The molecule has 0 saturated heterocycles. The topological polar surface area (TPSA) is 116 Å². The van der Waals surface area contributed by atoms with Crippen molar-refractivity contribution in [3.8, 4) is 11.5 Å². The van der Waals surface area contributed by atoms with Crippen molar-refractivity contribution in [3.05, 3.63) is 81.6 Å². The van der Waals surface area contributed by atoms with E-state index in [1.54, 1.807) is 19.0 Å². The summed E-state index contributed by atoms with van der Waals surface area (Å²) in [5.74, 6) is -0.257. The third kappa shape index (κ3) is 10.6. The average molecular weight is 729 g/mol. The molecule has 1 N–H and O–H groups in total. The summed E-state index contributed by atoms with van der Waals surface area (Å²) in [6, 6.07) is 10.1. The molecule has 0 spiro atoms. The van der Waals surface area contributed by atoms with Crippen LogP contribution in [0.3, 0.4) is 0 Å². The Morgan fingerprint density at radius 1 is 0.979 bits per heavy atom. The van der Waals surface area contributed by atoms with Crippen molar-refractivity contribution in [2.75, 3.05) is 37.8 Å². The van der Waals surface area contributed by atoms with Gasteiger partial charge in [-0.05, 0) is 99.1 Å². The number of rotatable bonds is 18. The number of carbonyl (C=O) groups excluding carboxylic acids is 1. The van der Waals surface area contributed by atoms with E-state index in [0.717, 1.165) is 25.7 Å². The van der Waals surface area contributed by atoms with Crippen LogP contribution in [-0.4, -0.2) is 70.2 Å². The second-order valence-electron chi connectivity index (χ2n) is 12.2. The van der Waals surface area contributed by atoms with Crippen molar-refractivity contribution in [2.24, 2.45) is 11.8 Å². The van der Waals surface area contributed by atoms with Gasteiger partial charge < -0.3 is 18.9 Å². The van der Waals surface area contributed by atoms with E-state index < -0.39 is 34.9 Å². The van der Waals surface area contributed by atoms with Crippen molar-refractivity contribution in [3.63, 3.8) is 0 Å². The quantitative estimate of drug-likeness (QED) is 0.110. The number of sulfonamides is 1. The molecule has 0 amide bonds. The number of carbonyl (C=O) groups is 1. The van der Waals surface area contributed by atoms with Crippen LogP contribution in [0.2, 0.25) is 10.0 Å². The van der Waals surface area contributed by atoms with Crippen LogP contribution >= 0.6 is 23.2 Å². The van der Waals surface area contributed by atoms with Gasteiger partial charge in [0.05, 0.1) is 28.8 Å². The number of alkyl halides is 2. The Bertz CT molecular complexity index is 1650. The van der Waals surface area contributed by atoms with E-state index in [0.29, 0.717) is 36.2 Å². The van der Waals surface area contributed by atoms with Gasteiger partial charge in [0.1, 0.15) is 18.1 Å². The summed E-state index contributed by atoms with van der Waals surface area (Å²) in [6.45, 7) is -2.22. The van der Waals surface area contributed by atoms with Gasteiger partial charge in [-0.15, -0.1) is 0 Å². The lowest BCUT2D eigenvalue weighted by molar-refractivity contribution is -0.0515. The van der Waals surface area contributed by atoms with Gasteiger partial charge in [0, 0.05) is 24.5 Å². The van der Waals surface area contributed by atoms with Crippen LogP contribution in [0, 0.1) is 11.8 Å². The molecular weight excluding hydrogens is 691 g/mol. The van der Waals surface area contributed by atoms with Crippen LogP contribution in [0.1, 0.15) is 53.3 Å². The number of benzene rings is 2. The Morgan fingerprint density at radius 2 is 1.62 bits per heavy atom. The molecule has 5 rings (SSSR count). The molecule has 2 saturated carbocycles. The van der Waals surface area contributed by atoms with Gasteiger partial charge in [-0.1, -0.05) is 29.3 Å². The van der Waals surface area contributed by atoms with E-state index in [2.05, 4.69) is 14.4 Å². The van der Waals surface area contributed by atoms with Crippen LogP contribution in [0.4, 0.5) is 14.5 Å². The summed E-state index contributed by atoms with van der Waals surface area (Å²) < 4.78 is 76.9. The predicted molar refractivity (Wildman–Crippen MR) is 177 cm³/mol. The molecule has 0 bridgehead atoms. The largest absolute Gasteiger partial charge is 0.489 e. The molecule has 2 aliphatic rings. The van der Waals surface area contributed by atoms with Crippen LogP contribution in [0.25, 0.3) is 0 Å². The first-order valence-corrected chi connectivity index (χ1v) is 17.9. The van der Waals surface area contributed by atoms with Crippen LogP contribution in [0.15, 0.2) is 54.9 Å². The molecule has 10 nitrogen and oxygen atoms in total. The third-order valence-electron chi connectivity index (χ3n) is 7.87. The summed E-state index contributed by atoms with van der Waals surface area (Å²) in [7, 11) is -0.281. The Morgan fingerprint density at radius 3 is 2.23 bits per heavy atom. The molecule has 2 aliphatic carbocycles. The fraction of sp³-hybridized carbons (Fsp3) is 0.455. The number of hydrogen-bond acceptors (Lipinski definition) is 9. The maximum Gasteiger partial charge on any atom is 0.387 e. The van der Waals surface area contributed by atoms with E-state index in [-0.39, 0.29) is 45.0 Å². The molecule has 15 heteroatoms. The first-order valence-electron chi connectivity index (χ1n) is 15.5. The highest BCUT2D eigenvalue weighted by atomic mass is 35.5. The SMILES string of the molecule is CN(C)[C@H](CS(=O)(=O)Nc1ccc(C(=O)O[C@@H](Cc2c(Cl)cncc2Cl)c2ccc(OC(F)F)c(OCC3CC3)c2)cc1)OCC1CC1. The second kappa shape index (κ2) is 16.0. The summed E-state index contributed by atoms with van der Waals surface area (Å²) in [4.78, 5) is 19.1. The molecule has 0 aliphatic heterocycles. The lowest BCUT2D eigenvalue weighted by Crippen LogP contribution is -2.39. The van der Waals surface area contributed by atoms with Crippen LogP contribution in [-0.2, 0) is 25.9 Å². The molecular formula is C33H37Cl2F2N3O7S. The number of nitrogens with one attached hydrogen (secondary N) is 1. The predicted octanol–water partition coefficient (Wildman–Crippen LogP) is 6.98. The Balaban J connectivity index is 1.33. The number of nitrogens with zero attached hydrogens (tertiary/aromatic N) is 2. The summed E-state index contributed by atoms with van der Waals surface area (Å²) >= 11 is 12.8. The highest BCUT2D eigenvalue weighted by molar-refractivity contribution is 7.92. The fourth-order valence-electron chi connectivity index (χ4n) is 4.73. The maximum absolute atomic E-state index is 13.4. The third-order valence-corrected chi connectivity index (χ3v) is 9.79. The maximum atomic E-state index is 13.4. The van der Waals surface area contributed by atoms with Gasteiger partial charge in [-0.3, -0.25) is 14.6 Å². The Hall–Kier alpha value is -3.23. The minimum atomic E-state index is -3.79. The number of anilines is 1. The van der Waals surface area contributed by atoms with Crippen molar-refractivity contribution in [1.82, 2.24) is 9.88 Å². The lowest BCUT2D eigenvalue weighted by Gasteiger charge is -2.24. The molecule has 1 aromatic heterocycles. The van der Waals surface area contributed by atoms with Gasteiger partial charge in [-0.25, -0.2) is 13.2 Å². The number of hydrogen-bond donors (Lipinski definition) is 1. The molecule has 2 aromatic carbocycles. The first kappa shape index (κ1) is 36.1. The molecule has 260 valence electrons. The summed E-state index contributed by atoms with van der Waals surface area (Å²) in [5, 5.41) is 0.495. The van der Waals surface area contributed by atoms with Gasteiger partial charge >= 0.3 is 12.6 Å². The highest BCUT2D eigenvalue weighted by Crippen LogP contribution is 2.38. The molecule has 3 aromatic rings. The molecule has 0 unspecified atom stereocenters. The van der Waals surface area contributed by atoms with E-state index in [1.165, 1.54) is 54.9 Å². The molecule has 2 fully saturated rings. The molecule has 2 atom stereocenters. The number of halogens is 4. The van der Waals surface area contributed by atoms with Gasteiger partial charge in [0.15, 0.2) is 11.5 Å². The number of aromatic nitrogens is 1. The van der Waals surface area contributed by atoms with E-state index in [4.69, 9.17) is 37.4 Å². The smallest absolute Gasteiger partial charge is 0.387 e. The highest BCUT2D eigenvalue weighted by Gasteiger charge is 2.28. The van der Waals surface area contributed by atoms with Crippen molar-refractivity contribution in [2.45, 2.75) is 51.0 Å². The van der Waals surface area contributed by atoms with Gasteiger partial charge in [-0.2, -0.15) is 8.78 Å². The fourth-order valence-corrected chi connectivity index (χ4v) is 6.59. The molecule has 1 heterocycles. The zero-order valence-electron chi connectivity index (χ0n) is 26.4. The van der Waals surface area contributed by atoms with Gasteiger partial charge in [0.25, 0.3) is 0 Å². The van der Waals surface area contributed by atoms with E-state index >= 15 is 0 Å². The number of pyridine rings is 1. The van der Waals surface area contributed by atoms with Crippen molar-refractivity contribution >= 4 is 44.9 Å². The Kier molecular flexibility index (Phi) is 12.0. The monoisotopic (exact) mass is 727 g/mol. The summed E-state index contributed by atoms with van der Waals surface area (Å²) in [6.07, 6.45) is 5.37. The normalized spacial score (nSPS) is 16.1. The summed E-state index contributed by atoms with van der Waals surface area (Å²) in [5.41, 5.74) is 1.27. The van der Waals surface area contributed by atoms with Crippen molar-refractivity contribution < 1.29 is 40.9 Å². The first-order chi connectivity index (χ1) is 22.9. The van der Waals surface area contributed by atoms with Crippen molar-refractivity contribution in [1.29, 1.82) is 0 Å².